The Morgan fingerprint density at radius 1 is 1.24 bits per heavy atom. The minimum Gasteiger partial charge on any atom is -0.493 e. The lowest BCUT2D eigenvalue weighted by molar-refractivity contribution is 0.454. The number of benzene rings is 1. The summed E-state index contributed by atoms with van der Waals surface area (Å²) in [6, 6.07) is 7.42. The van der Waals surface area contributed by atoms with E-state index in [0.717, 1.165) is 16.7 Å². The molecule has 4 nitrogen and oxygen atoms in total. The van der Waals surface area contributed by atoms with Crippen molar-refractivity contribution >= 4 is 11.3 Å². The lowest BCUT2D eigenvalue weighted by Crippen LogP contribution is -2.12. The second-order valence-electron chi connectivity index (χ2n) is 4.95. The smallest absolute Gasteiger partial charge is 0.262 e. The topological polar surface area (TPSA) is 66.0 Å². The van der Waals surface area contributed by atoms with E-state index in [0.29, 0.717) is 11.4 Å². The summed E-state index contributed by atoms with van der Waals surface area (Å²) < 4.78 is 0. The van der Waals surface area contributed by atoms with Gasteiger partial charge in [0.25, 0.3) is 5.56 Å². The van der Waals surface area contributed by atoms with Crippen LogP contribution in [0.5, 0.6) is 5.88 Å². The molecule has 3 aromatic rings. The van der Waals surface area contributed by atoms with Crippen molar-refractivity contribution in [1.29, 1.82) is 0 Å². The number of nitrogens with zero attached hydrogens (tertiary/aromatic N) is 1. The quantitative estimate of drug-likeness (QED) is 0.761. The molecular formula is C16H14N2O2S. The van der Waals surface area contributed by atoms with Crippen molar-refractivity contribution in [2.24, 2.45) is 0 Å². The molecule has 0 aliphatic heterocycles. The number of nitrogens with one attached hydrogen (secondary N) is 1. The van der Waals surface area contributed by atoms with Gasteiger partial charge in [0.1, 0.15) is 11.4 Å². The van der Waals surface area contributed by atoms with E-state index in [1.807, 2.05) is 42.8 Å². The third-order valence-corrected chi connectivity index (χ3v) is 4.18. The highest BCUT2D eigenvalue weighted by Crippen LogP contribution is 2.28. The Morgan fingerprint density at radius 3 is 2.67 bits per heavy atom. The number of thiophene rings is 1. The van der Waals surface area contributed by atoms with Crippen LogP contribution in [0.2, 0.25) is 0 Å². The average molecular weight is 298 g/mol. The summed E-state index contributed by atoms with van der Waals surface area (Å²) in [6.45, 7) is 3.88. The fourth-order valence-electron chi connectivity index (χ4n) is 2.25. The van der Waals surface area contributed by atoms with Gasteiger partial charge in [0.05, 0.1) is 0 Å². The van der Waals surface area contributed by atoms with Crippen LogP contribution >= 0.6 is 11.3 Å². The van der Waals surface area contributed by atoms with E-state index in [1.54, 1.807) is 6.07 Å². The normalized spacial score (nSPS) is 10.8. The van der Waals surface area contributed by atoms with Gasteiger partial charge >= 0.3 is 0 Å². The Morgan fingerprint density at radius 2 is 2.05 bits per heavy atom. The zero-order chi connectivity index (χ0) is 15.0. The molecule has 0 bridgehead atoms. The molecule has 0 amide bonds. The fourth-order valence-corrected chi connectivity index (χ4v) is 3.09. The van der Waals surface area contributed by atoms with Crippen LogP contribution in [-0.2, 0) is 0 Å². The molecule has 2 aromatic heterocycles. The highest BCUT2D eigenvalue weighted by molar-refractivity contribution is 7.08. The molecule has 0 atom stereocenters. The van der Waals surface area contributed by atoms with Crippen molar-refractivity contribution in [2.75, 3.05) is 0 Å². The largest absolute Gasteiger partial charge is 0.493 e. The molecule has 0 fully saturated rings. The van der Waals surface area contributed by atoms with Crippen LogP contribution in [0.15, 0.2) is 39.8 Å². The van der Waals surface area contributed by atoms with Gasteiger partial charge < -0.3 is 10.1 Å². The molecule has 5 heteroatoms. The van der Waals surface area contributed by atoms with Gasteiger partial charge in [0, 0.05) is 10.9 Å². The standard InChI is InChI=1S/C16H14N2O2S/c1-9-4-3-5-11(6-9)13-15(19)17-14(18-16(13)20)12-8-21-7-10(12)2/h3-8H,1-2H3,(H2,17,18,19,20). The number of aromatic hydroxyl groups is 1. The van der Waals surface area contributed by atoms with Gasteiger partial charge in [0.15, 0.2) is 0 Å². The van der Waals surface area contributed by atoms with E-state index in [-0.39, 0.29) is 17.0 Å². The summed E-state index contributed by atoms with van der Waals surface area (Å²) >= 11 is 1.53. The minimum absolute atomic E-state index is 0.204. The first kappa shape index (κ1) is 13.6. The molecule has 0 unspecified atom stereocenters. The van der Waals surface area contributed by atoms with Crippen LogP contribution in [-0.4, -0.2) is 15.1 Å². The highest BCUT2D eigenvalue weighted by atomic mass is 32.1. The maximum absolute atomic E-state index is 12.3. The molecule has 0 spiro atoms. The second kappa shape index (κ2) is 5.18. The maximum Gasteiger partial charge on any atom is 0.262 e. The van der Waals surface area contributed by atoms with Gasteiger partial charge in [-0.25, -0.2) is 0 Å². The summed E-state index contributed by atoms with van der Waals surface area (Å²) in [5.74, 6) is 0.151. The molecule has 106 valence electrons. The Hall–Kier alpha value is -2.40. The molecule has 21 heavy (non-hydrogen) atoms. The van der Waals surface area contributed by atoms with Gasteiger partial charge in [-0.1, -0.05) is 29.8 Å². The first-order valence-electron chi connectivity index (χ1n) is 6.50. The molecular weight excluding hydrogens is 284 g/mol. The number of aromatic amines is 1. The first-order valence-corrected chi connectivity index (χ1v) is 7.44. The Labute approximate surface area is 125 Å². The SMILES string of the molecule is Cc1cccc(-c2c(O)nc(-c3cscc3C)[nH]c2=O)c1. The van der Waals surface area contributed by atoms with E-state index in [4.69, 9.17) is 0 Å². The third-order valence-electron chi connectivity index (χ3n) is 3.32. The predicted octanol–water partition coefficient (Wildman–Crippen LogP) is 3.49. The molecule has 3 rings (SSSR count). The Balaban J connectivity index is 2.18. The number of aryl methyl sites for hydroxylation is 2. The summed E-state index contributed by atoms with van der Waals surface area (Å²) in [4.78, 5) is 19.2. The van der Waals surface area contributed by atoms with E-state index >= 15 is 0 Å². The van der Waals surface area contributed by atoms with Crippen molar-refractivity contribution < 1.29 is 5.11 Å². The molecule has 2 heterocycles. The number of aromatic nitrogens is 2. The Bertz CT molecular complexity index is 865. The van der Waals surface area contributed by atoms with E-state index < -0.39 is 0 Å². The zero-order valence-corrected chi connectivity index (χ0v) is 12.5. The summed E-state index contributed by atoms with van der Waals surface area (Å²) in [5, 5.41) is 14.1. The van der Waals surface area contributed by atoms with Crippen LogP contribution in [0.1, 0.15) is 11.1 Å². The van der Waals surface area contributed by atoms with Gasteiger partial charge in [-0.2, -0.15) is 16.3 Å². The maximum atomic E-state index is 12.3. The van der Waals surface area contributed by atoms with Crippen molar-refractivity contribution in [3.05, 3.63) is 56.5 Å². The number of hydrogen-bond acceptors (Lipinski definition) is 4. The van der Waals surface area contributed by atoms with E-state index in [9.17, 15) is 9.90 Å². The lowest BCUT2D eigenvalue weighted by atomic mass is 10.1. The van der Waals surface area contributed by atoms with Crippen LogP contribution < -0.4 is 5.56 Å². The summed E-state index contributed by atoms with van der Waals surface area (Å²) in [7, 11) is 0. The van der Waals surface area contributed by atoms with Crippen molar-refractivity contribution in [3.63, 3.8) is 0 Å². The molecule has 0 saturated carbocycles. The van der Waals surface area contributed by atoms with Crippen LogP contribution in [0.4, 0.5) is 0 Å². The molecule has 0 aliphatic carbocycles. The van der Waals surface area contributed by atoms with Gasteiger partial charge in [-0.15, -0.1) is 0 Å². The van der Waals surface area contributed by atoms with Gasteiger partial charge in [0.2, 0.25) is 5.88 Å². The first-order chi connectivity index (χ1) is 10.1. The predicted molar refractivity (Wildman–Crippen MR) is 84.7 cm³/mol. The second-order valence-corrected chi connectivity index (χ2v) is 5.69. The van der Waals surface area contributed by atoms with Crippen LogP contribution in [0.3, 0.4) is 0 Å². The average Bonchev–Trinajstić information content (AvgIpc) is 2.84. The van der Waals surface area contributed by atoms with E-state index in [1.165, 1.54) is 11.3 Å². The Kier molecular flexibility index (Phi) is 3.35. The molecule has 0 saturated heterocycles. The number of H-pyrrole nitrogens is 1. The monoisotopic (exact) mass is 298 g/mol. The molecule has 0 radical (unpaired) electrons. The number of hydrogen-bond donors (Lipinski definition) is 2. The van der Waals surface area contributed by atoms with Crippen molar-refractivity contribution in [3.8, 4) is 28.4 Å². The lowest BCUT2D eigenvalue weighted by Gasteiger charge is -2.06. The number of rotatable bonds is 2. The molecule has 0 aliphatic rings. The highest BCUT2D eigenvalue weighted by Gasteiger charge is 2.15. The van der Waals surface area contributed by atoms with Crippen LogP contribution in [0.25, 0.3) is 22.5 Å². The van der Waals surface area contributed by atoms with Crippen molar-refractivity contribution in [2.45, 2.75) is 13.8 Å². The zero-order valence-electron chi connectivity index (χ0n) is 11.7. The summed E-state index contributed by atoms with van der Waals surface area (Å²) in [6.07, 6.45) is 0. The van der Waals surface area contributed by atoms with Crippen LogP contribution in [0, 0.1) is 13.8 Å². The molecule has 2 N–H and O–H groups in total. The summed E-state index contributed by atoms with van der Waals surface area (Å²) in [5.41, 5.74) is 3.40. The fraction of sp³-hybridized carbons (Fsp3) is 0.125. The third kappa shape index (κ3) is 2.48. The molecule has 1 aromatic carbocycles. The van der Waals surface area contributed by atoms with Gasteiger partial charge in [-0.3, -0.25) is 4.79 Å². The van der Waals surface area contributed by atoms with Crippen molar-refractivity contribution in [1.82, 2.24) is 9.97 Å². The minimum atomic E-state index is -0.339. The van der Waals surface area contributed by atoms with Gasteiger partial charge in [-0.05, 0) is 30.4 Å². The van der Waals surface area contributed by atoms with E-state index in [2.05, 4.69) is 9.97 Å².